The van der Waals surface area contributed by atoms with Crippen molar-refractivity contribution < 1.29 is 4.74 Å². The van der Waals surface area contributed by atoms with Crippen LogP contribution in [0.4, 0.5) is 5.69 Å². The van der Waals surface area contributed by atoms with E-state index in [0.29, 0.717) is 6.04 Å². The van der Waals surface area contributed by atoms with Crippen LogP contribution in [0.2, 0.25) is 0 Å². The molecule has 0 heterocycles. The Balaban J connectivity index is 1.83. The van der Waals surface area contributed by atoms with E-state index in [9.17, 15) is 0 Å². The first kappa shape index (κ1) is 11.3. The Labute approximate surface area is 108 Å². The monoisotopic (exact) mass is 239 g/mol. The number of methoxy groups -OCH3 is 1. The zero-order valence-electron chi connectivity index (χ0n) is 10.5. The van der Waals surface area contributed by atoms with E-state index < -0.39 is 0 Å². The van der Waals surface area contributed by atoms with Gasteiger partial charge in [-0.25, -0.2) is 0 Å². The van der Waals surface area contributed by atoms with Crippen molar-refractivity contribution in [1.82, 2.24) is 0 Å². The first-order chi connectivity index (χ1) is 8.88. The highest BCUT2D eigenvalue weighted by molar-refractivity contribution is 5.47. The van der Waals surface area contributed by atoms with E-state index in [0.717, 1.165) is 12.1 Å². The number of nitrogens with one attached hydrogen (secondary N) is 1. The van der Waals surface area contributed by atoms with Crippen molar-refractivity contribution in [3.63, 3.8) is 0 Å². The van der Waals surface area contributed by atoms with Gasteiger partial charge in [0, 0.05) is 12.8 Å². The molecule has 2 atom stereocenters. The molecule has 2 aromatic carbocycles. The summed E-state index contributed by atoms with van der Waals surface area (Å²) >= 11 is 0. The summed E-state index contributed by atoms with van der Waals surface area (Å²) in [6.07, 6.45) is 1.16. The fourth-order valence-electron chi connectivity index (χ4n) is 2.72. The normalized spacial score (nSPS) is 21.6. The van der Waals surface area contributed by atoms with E-state index in [1.54, 1.807) is 7.11 Å². The van der Waals surface area contributed by atoms with Crippen molar-refractivity contribution in [2.24, 2.45) is 0 Å². The molecule has 0 aliphatic heterocycles. The Morgan fingerprint density at radius 3 is 2.50 bits per heavy atom. The highest BCUT2D eigenvalue weighted by Crippen LogP contribution is 2.35. The smallest absolute Gasteiger partial charge is 0.103 e. The van der Waals surface area contributed by atoms with Crippen LogP contribution in [0.25, 0.3) is 0 Å². The van der Waals surface area contributed by atoms with Gasteiger partial charge in [0.05, 0.1) is 6.04 Å². The molecule has 1 N–H and O–H groups in total. The maximum Gasteiger partial charge on any atom is 0.103 e. The number of anilines is 1. The van der Waals surface area contributed by atoms with Gasteiger partial charge in [0.2, 0.25) is 0 Å². The molecule has 0 bridgehead atoms. The van der Waals surface area contributed by atoms with Crippen LogP contribution < -0.4 is 5.32 Å². The van der Waals surface area contributed by atoms with Gasteiger partial charge in [-0.1, -0.05) is 42.5 Å². The van der Waals surface area contributed by atoms with Crippen LogP contribution in [-0.4, -0.2) is 13.2 Å². The minimum atomic E-state index is 0.140. The SMILES string of the molecule is COC1c2ccccc2CC1Nc1ccccc1. The molecule has 2 nitrogen and oxygen atoms in total. The van der Waals surface area contributed by atoms with Crippen LogP contribution >= 0.6 is 0 Å². The first-order valence-electron chi connectivity index (χ1n) is 6.30. The average molecular weight is 239 g/mol. The minimum absolute atomic E-state index is 0.140. The molecule has 0 aromatic heterocycles. The Bertz CT molecular complexity index is 524. The van der Waals surface area contributed by atoms with Crippen LogP contribution in [0.1, 0.15) is 17.2 Å². The minimum Gasteiger partial charge on any atom is -0.379 e. The van der Waals surface area contributed by atoms with Crippen molar-refractivity contribution in [2.45, 2.75) is 18.6 Å². The Morgan fingerprint density at radius 2 is 1.72 bits per heavy atom. The summed E-state index contributed by atoms with van der Waals surface area (Å²) < 4.78 is 5.66. The second kappa shape index (κ2) is 4.83. The van der Waals surface area contributed by atoms with E-state index in [1.165, 1.54) is 11.1 Å². The van der Waals surface area contributed by atoms with Gasteiger partial charge < -0.3 is 10.1 Å². The van der Waals surface area contributed by atoms with Crippen molar-refractivity contribution in [3.05, 3.63) is 65.7 Å². The zero-order valence-corrected chi connectivity index (χ0v) is 10.5. The van der Waals surface area contributed by atoms with Crippen LogP contribution in [0.3, 0.4) is 0 Å². The summed E-state index contributed by atoms with van der Waals surface area (Å²) in [4.78, 5) is 0. The number of fused-ring (bicyclic) bond motifs is 1. The predicted molar refractivity (Wildman–Crippen MR) is 73.7 cm³/mol. The van der Waals surface area contributed by atoms with Crippen molar-refractivity contribution in [2.75, 3.05) is 12.4 Å². The third-order valence-corrected chi connectivity index (χ3v) is 3.55. The summed E-state index contributed by atoms with van der Waals surface area (Å²) in [7, 11) is 1.78. The Morgan fingerprint density at radius 1 is 1.00 bits per heavy atom. The number of hydrogen-bond acceptors (Lipinski definition) is 2. The number of rotatable bonds is 3. The second-order valence-corrected chi connectivity index (χ2v) is 4.68. The molecule has 0 saturated heterocycles. The molecule has 0 saturated carbocycles. The van der Waals surface area contributed by atoms with Gasteiger partial charge in [-0.15, -0.1) is 0 Å². The van der Waals surface area contributed by atoms with E-state index in [-0.39, 0.29) is 6.10 Å². The predicted octanol–water partition coefficient (Wildman–Crippen LogP) is 3.41. The molecule has 0 amide bonds. The third kappa shape index (κ3) is 2.00. The summed E-state index contributed by atoms with van der Waals surface area (Å²) in [6.45, 7) is 0. The molecule has 2 aromatic rings. The summed E-state index contributed by atoms with van der Waals surface area (Å²) in [6, 6.07) is 19.2. The highest BCUT2D eigenvalue weighted by atomic mass is 16.5. The maximum atomic E-state index is 5.66. The van der Waals surface area contributed by atoms with Gasteiger partial charge >= 0.3 is 0 Å². The molecule has 18 heavy (non-hydrogen) atoms. The Kier molecular flexibility index (Phi) is 3.03. The molecule has 92 valence electrons. The number of ether oxygens (including phenoxy) is 1. The molecule has 0 spiro atoms. The highest BCUT2D eigenvalue weighted by Gasteiger charge is 2.31. The molecule has 3 rings (SSSR count). The quantitative estimate of drug-likeness (QED) is 0.886. The van der Waals surface area contributed by atoms with Crippen LogP contribution in [-0.2, 0) is 11.2 Å². The summed E-state index contributed by atoms with van der Waals surface area (Å²) in [5.74, 6) is 0. The van der Waals surface area contributed by atoms with Crippen molar-refractivity contribution >= 4 is 5.69 Å². The summed E-state index contributed by atoms with van der Waals surface area (Å²) in [5, 5.41) is 3.56. The molecule has 0 fully saturated rings. The van der Waals surface area contributed by atoms with Crippen LogP contribution in [0.5, 0.6) is 0 Å². The average Bonchev–Trinajstić information content (AvgIpc) is 2.77. The van der Waals surface area contributed by atoms with E-state index in [2.05, 4.69) is 41.7 Å². The second-order valence-electron chi connectivity index (χ2n) is 4.68. The molecular weight excluding hydrogens is 222 g/mol. The fourth-order valence-corrected chi connectivity index (χ4v) is 2.72. The topological polar surface area (TPSA) is 21.3 Å². The fraction of sp³-hybridized carbons (Fsp3) is 0.250. The molecule has 2 unspecified atom stereocenters. The van der Waals surface area contributed by atoms with E-state index in [1.807, 2.05) is 18.2 Å². The van der Waals surface area contributed by atoms with Gasteiger partial charge in [0.15, 0.2) is 0 Å². The van der Waals surface area contributed by atoms with Crippen molar-refractivity contribution in [1.29, 1.82) is 0 Å². The number of para-hydroxylation sites is 1. The lowest BCUT2D eigenvalue weighted by atomic mass is 10.1. The largest absolute Gasteiger partial charge is 0.379 e. The van der Waals surface area contributed by atoms with Gasteiger partial charge in [0.25, 0.3) is 0 Å². The molecule has 1 aliphatic rings. The van der Waals surface area contributed by atoms with Gasteiger partial charge in [-0.05, 0) is 29.7 Å². The molecule has 2 heteroatoms. The van der Waals surface area contributed by atoms with Gasteiger partial charge in [0.1, 0.15) is 6.10 Å². The maximum absolute atomic E-state index is 5.66. The lowest BCUT2D eigenvalue weighted by molar-refractivity contribution is 0.0957. The zero-order chi connectivity index (χ0) is 12.4. The third-order valence-electron chi connectivity index (χ3n) is 3.55. The van der Waals surface area contributed by atoms with Crippen molar-refractivity contribution in [3.8, 4) is 0 Å². The first-order valence-corrected chi connectivity index (χ1v) is 6.30. The van der Waals surface area contributed by atoms with Gasteiger partial charge in [-0.3, -0.25) is 0 Å². The van der Waals surface area contributed by atoms with E-state index in [4.69, 9.17) is 4.74 Å². The molecular formula is C16H17NO. The van der Waals surface area contributed by atoms with E-state index >= 15 is 0 Å². The van der Waals surface area contributed by atoms with Gasteiger partial charge in [-0.2, -0.15) is 0 Å². The molecule has 1 aliphatic carbocycles. The standard InChI is InChI=1S/C16H17NO/c1-18-16-14-10-6-5-7-12(14)11-15(16)17-13-8-3-2-4-9-13/h2-10,15-17H,11H2,1H3. The van der Waals surface area contributed by atoms with Crippen LogP contribution in [0, 0.1) is 0 Å². The lowest BCUT2D eigenvalue weighted by Crippen LogP contribution is -2.25. The summed E-state index contributed by atoms with van der Waals surface area (Å²) in [5.41, 5.74) is 3.85. The molecule has 0 radical (unpaired) electrons. The number of benzene rings is 2. The van der Waals surface area contributed by atoms with Crippen LogP contribution in [0.15, 0.2) is 54.6 Å². The lowest BCUT2D eigenvalue weighted by Gasteiger charge is -2.21. The Hall–Kier alpha value is -1.80. The number of hydrogen-bond donors (Lipinski definition) is 1.